The summed E-state index contributed by atoms with van der Waals surface area (Å²) in [4.78, 5) is 0. The van der Waals surface area contributed by atoms with Crippen LogP contribution in [0.2, 0.25) is 0 Å². The lowest BCUT2D eigenvalue weighted by atomic mass is 9.43. The molecule has 31 heavy (non-hydrogen) atoms. The van der Waals surface area contributed by atoms with Crippen molar-refractivity contribution in [1.29, 1.82) is 0 Å². The Morgan fingerprint density at radius 2 is 0.871 bits per heavy atom. The fourth-order valence-electron chi connectivity index (χ4n) is 10.1. The van der Waals surface area contributed by atoms with E-state index in [0.29, 0.717) is 0 Å². The van der Waals surface area contributed by atoms with Crippen LogP contribution in [0.3, 0.4) is 0 Å². The van der Waals surface area contributed by atoms with Gasteiger partial charge in [0.25, 0.3) is 0 Å². The minimum Gasteiger partial charge on any atom is -0.0654 e. The largest absolute Gasteiger partial charge is 0.0654 e. The molecule has 5 aliphatic carbocycles. The highest BCUT2D eigenvalue weighted by molar-refractivity contribution is 5.07. The second-order valence-electron chi connectivity index (χ2n) is 13.8. The zero-order valence-electron chi connectivity index (χ0n) is 21.3. The van der Waals surface area contributed by atoms with Gasteiger partial charge >= 0.3 is 0 Å². The van der Waals surface area contributed by atoms with E-state index in [0.717, 1.165) is 46.3 Å². The molecule has 5 fully saturated rings. The van der Waals surface area contributed by atoms with E-state index in [2.05, 4.69) is 13.8 Å². The summed E-state index contributed by atoms with van der Waals surface area (Å²) in [5.74, 6) is 6.59. The van der Waals surface area contributed by atoms with Gasteiger partial charge in [0, 0.05) is 0 Å². The molecule has 0 radical (unpaired) electrons. The van der Waals surface area contributed by atoms with E-state index in [1.165, 1.54) is 19.3 Å². The molecule has 0 aromatic carbocycles. The summed E-state index contributed by atoms with van der Waals surface area (Å²) in [6, 6.07) is 0. The summed E-state index contributed by atoms with van der Waals surface area (Å²) in [7, 11) is 0. The Kier molecular flexibility index (Phi) is 7.13. The van der Waals surface area contributed by atoms with Gasteiger partial charge in [0.15, 0.2) is 0 Å². The van der Waals surface area contributed by atoms with Crippen molar-refractivity contribution in [3.63, 3.8) is 0 Å². The summed E-state index contributed by atoms with van der Waals surface area (Å²) in [6.07, 6.45) is 33.0. The second kappa shape index (κ2) is 9.70. The minimum atomic E-state index is 0.821. The predicted molar refractivity (Wildman–Crippen MR) is 134 cm³/mol. The smallest absolute Gasteiger partial charge is 0.0287 e. The predicted octanol–water partition coefficient (Wildman–Crippen LogP) is 9.96. The average molecular weight is 427 g/mol. The Bertz CT molecular complexity index is 533. The van der Waals surface area contributed by atoms with E-state index in [-0.39, 0.29) is 0 Å². The van der Waals surface area contributed by atoms with Gasteiger partial charge in [0.1, 0.15) is 0 Å². The molecule has 0 bridgehead atoms. The Morgan fingerprint density at radius 3 is 1.26 bits per heavy atom. The molecule has 5 saturated carbocycles. The van der Waals surface area contributed by atoms with Crippen molar-refractivity contribution in [2.45, 2.75) is 149 Å². The molecule has 0 unspecified atom stereocenters. The van der Waals surface area contributed by atoms with Gasteiger partial charge in [-0.15, -0.1) is 0 Å². The molecule has 178 valence electrons. The highest BCUT2D eigenvalue weighted by atomic mass is 14.6. The van der Waals surface area contributed by atoms with Gasteiger partial charge in [-0.2, -0.15) is 0 Å². The molecule has 0 heteroatoms. The number of hydrogen-bond acceptors (Lipinski definition) is 0. The average Bonchev–Trinajstić information content (AvgIpc) is 2.80. The van der Waals surface area contributed by atoms with Crippen LogP contribution < -0.4 is 0 Å². The van der Waals surface area contributed by atoms with Crippen LogP contribution in [0, 0.1) is 46.3 Å². The quantitative estimate of drug-likeness (QED) is 0.410. The van der Waals surface area contributed by atoms with Crippen LogP contribution in [0.5, 0.6) is 0 Å². The van der Waals surface area contributed by atoms with Gasteiger partial charge in [-0.05, 0) is 136 Å². The van der Waals surface area contributed by atoms with Crippen LogP contribution in [-0.2, 0) is 0 Å². The molecule has 0 nitrogen and oxygen atoms in total. The summed E-state index contributed by atoms with van der Waals surface area (Å²) in [6.45, 7) is 4.79. The SMILES string of the molecule is CCC[C@H]1CC[C@H](C2CCC3(CC2)CC2(CCC([C@H]4CC[C@H](CC)CC4)CC2)C3)CC1. The van der Waals surface area contributed by atoms with E-state index >= 15 is 0 Å². The third-order valence-corrected chi connectivity index (χ3v) is 12.1. The lowest BCUT2D eigenvalue weighted by molar-refractivity contribution is -0.109. The van der Waals surface area contributed by atoms with Crippen molar-refractivity contribution >= 4 is 0 Å². The van der Waals surface area contributed by atoms with E-state index in [4.69, 9.17) is 0 Å². The Morgan fingerprint density at radius 1 is 0.484 bits per heavy atom. The third kappa shape index (κ3) is 4.94. The molecule has 2 spiro atoms. The van der Waals surface area contributed by atoms with E-state index in [1.54, 1.807) is 116 Å². The van der Waals surface area contributed by atoms with Crippen LogP contribution in [0.25, 0.3) is 0 Å². The molecule has 0 aromatic heterocycles. The van der Waals surface area contributed by atoms with Crippen LogP contribution in [-0.4, -0.2) is 0 Å². The maximum Gasteiger partial charge on any atom is -0.0287 e. The van der Waals surface area contributed by atoms with Gasteiger partial charge in [0.2, 0.25) is 0 Å². The van der Waals surface area contributed by atoms with E-state index < -0.39 is 0 Å². The lowest BCUT2D eigenvalue weighted by Gasteiger charge is -2.62. The van der Waals surface area contributed by atoms with Crippen LogP contribution >= 0.6 is 0 Å². The standard InChI is InChI=1S/C31H54/c1-3-5-25-8-12-27(13-9-25)29-16-20-31(21-17-29)22-30(23-31)18-14-28(15-19-30)26-10-6-24(4-2)7-11-26/h24-29H,3-23H2,1-2H3/t24-,25-,26-,27-,28?,29?,30?,31?. The molecular weight excluding hydrogens is 372 g/mol. The molecule has 0 N–H and O–H groups in total. The first kappa shape index (κ1) is 22.8. The Hall–Kier alpha value is 0. The normalized spacial score (nSPS) is 48.6. The first-order chi connectivity index (χ1) is 15.1. The molecule has 0 atom stereocenters. The monoisotopic (exact) mass is 426 g/mol. The van der Waals surface area contributed by atoms with Gasteiger partial charge in [-0.3, -0.25) is 0 Å². The molecule has 0 heterocycles. The van der Waals surface area contributed by atoms with Gasteiger partial charge in [-0.1, -0.05) is 58.8 Å². The van der Waals surface area contributed by atoms with Crippen LogP contribution in [0.1, 0.15) is 149 Å². The molecule has 5 rings (SSSR count). The highest BCUT2D eigenvalue weighted by Gasteiger charge is 2.56. The zero-order chi connectivity index (χ0) is 21.3. The second-order valence-corrected chi connectivity index (χ2v) is 13.8. The molecule has 0 amide bonds. The fourth-order valence-corrected chi connectivity index (χ4v) is 10.1. The molecule has 0 saturated heterocycles. The molecular formula is C31H54. The maximum atomic E-state index is 2.41. The van der Waals surface area contributed by atoms with Crippen molar-refractivity contribution in [2.75, 3.05) is 0 Å². The Labute approximate surface area is 195 Å². The lowest BCUT2D eigenvalue weighted by Crippen LogP contribution is -2.50. The first-order valence-electron chi connectivity index (χ1n) is 15.1. The Balaban J connectivity index is 1.03. The zero-order valence-corrected chi connectivity index (χ0v) is 21.3. The van der Waals surface area contributed by atoms with E-state index in [9.17, 15) is 0 Å². The van der Waals surface area contributed by atoms with Gasteiger partial charge < -0.3 is 0 Å². The summed E-state index contributed by atoms with van der Waals surface area (Å²) >= 11 is 0. The van der Waals surface area contributed by atoms with Crippen LogP contribution in [0.4, 0.5) is 0 Å². The highest BCUT2D eigenvalue weighted by Crippen LogP contribution is 2.67. The van der Waals surface area contributed by atoms with Crippen LogP contribution in [0.15, 0.2) is 0 Å². The molecule has 5 aliphatic rings. The van der Waals surface area contributed by atoms with Crippen molar-refractivity contribution in [1.82, 2.24) is 0 Å². The summed E-state index contributed by atoms with van der Waals surface area (Å²) in [5.41, 5.74) is 1.64. The van der Waals surface area contributed by atoms with Crippen molar-refractivity contribution in [3.05, 3.63) is 0 Å². The minimum absolute atomic E-state index is 0.821. The fraction of sp³-hybridized carbons (Fsp3) is 1.00. The van der Waals surface area contributed by atoms with E-state index in [1.807, 2.05) is 0 Å². The summed E-state index contributed by atoms with van der Waals surface area (Å²) < 4.78 is 0. The molecule has 0 aliphatic heterocycles. The van der Waals surface area contributed by atoms with Crippen molar-refractivity contribution in [2.24, 2.45) is 46.3 Å². The first-order valence-corrected chi connectivity index (χ1v) is 15.1. The number of hydrogen-bond donors (Lipinski definition) is 0. The summed E-state index contributed by atoms with van der Waals surface area (Å²) in [5, 5.41) is 0. The molecule has 0 aromatic rings. The van der Waals surface area contributed by atoms with Gasteiger partial charge in [0.05, 0.1) is 0 Å². The van der Waals surface area contributed by atoms with Gasteiger partial charge in [-0.25, -0.2) is 0 Å². The van der Waals surface area contributed by atoms with Crippen molar-refractivity contribution in [3.8, 4) is 0 Å². The maximum absolute atomic E-state index is 2.41. The number of rotatable bonds is 5. The third-order valence-electron chi connectivity index (χ3n) is 12.1. The van der Waals surface area contributed by atoms with Crippen molar-refractivity contribution < 1.29 is 0 Å². The topological polar surface area (TPSA) is 0 Å².